The maximum Gasteiger partial charge on any atom is 0.222 e. The van der Waals surface area contributed by atoms with Crippen LogP contribution in [0.25, 0.3) is 0 Å². The Morgan fingerprint density at radius 2 is 2.00 bits per heavy atom. The maximum absolute atomic E-state index is 12.1. The van der Waals surface area contributed by atoms with E-state index in [1.165, 1.54) is 6.33 Å². The number of carbonyl (C=O) groups is 1. The quantitative estimate of drug-likeness (QED) is 0.752. The van der Waals surface area contributed by atoms with Crippen LogP contribution in [0.1, 0.15) is 32.1 Å². The van der Waals surface area contributed by atoms with E-state index in [0.717, 1.165) is 0 Å². The minimum Gasteiger partial charge on any atom is -0.392 e. The topological polar surface area (TPSA) is 104 Å². The van der Waals surface area contributed by atoms with Gasteiger partial charge in [-0.3, -0.25) is 4.79 Å². The second-order valence-corrected chi connectivity index (χ2v) is 6.06. The highest BCUT2D eigenvalue weighted by Crippen LogP contribution is 2.49. The van der Waals surface area contributed by atoms with Gasteiger partial charge in [-0.1, -0.05) is 0 Å². The number of aliphatic hydroxyl groups is 2. The van der Waals surface area contributed by atoms with Crippen molar-refractivity contribution in [2.75, 3.05) is 13.1 Å². The van der Waals surface area contributed by atoms with Crippen molar-refractivity contribution in [3.05, 3.63) is 6.33 Å². The van der Waals surface area contributed by atoms with Crippen LogP contribution in [0.2, 0.25) is 0 Å². The fraction of sp³-hybridized carbons (Fsp3) is 0.846. The molecule has 8 heteroatoms. The van der Waals surface area contributed by atoms with E-state index >= 15 is 0 Å². The van der Waals surface area contributed by atoms with Crippen molar-refractivity contribution >= 4 is 5.91 Å². The minimum absolute atomic E-state index is 0.126. The molecule has 2 N–H and O–H groups in total. The van der Waals surface area contributed by atoms with Crippen LogP contribution in [0.3, 0.4) is 0 Å². The van der Waals surface area contributed by atoms with Crippen molar-refractivity contribution in [1.82, 2.24) is 25.1 Å². The maximum atomic E-state index is 12.1. The molecule has 21 heavy (non-hydrogen) atoms. The molecule has 2 fully saturated rings. The van der Waals surface area contributed by atoms with E-state index in [1.807, 2.05) is 4.90 Å². The van der Waals surface area contributed by atoms with Gasteiger partial charge in [0.05, 0.1) is 12.2 Å². The number of aliphatic hydroxyl groups excluding tert-OH is 2. The normalized spacial score (nSPS) is 27.6. The number of carbonyl (C=O) groups excluding carboxylic acids is 1. The van der Waals surface area contributed by atoms with Gasteiger partial charge in [-0.2, -0.15) is 0 Å². The van der Waals surface area contributed by atoms with Gasteiger partial charge in [0, 0.05) is 37.9 Å². The van der Waals surface area contributed by atoms with E-state index in [9.17, 15) is 15.0 Å². The lowest BCUT2D eigenvalue weighted by Crippen LogP contribution is -2.61. The Bertz CT molecular complexity index is 474. The first-order chi connectivity index (χ1) is 10.1. The summed E-state index contributed by atoms with van der Waals surface area (Å²) in [4.78, 5) is 14.0. The van der Waals surface area contributed by atoms with Gasteiger partial charge in [0.25, 0.3) is 0 Å². The molecule has 2 aliphatic rings. The highest BCUT2D eigenvalue weighted by Gasteiger charge is 2.54. The van der Waals surface area contributed by atoms with Crippen molar-refractivity contribution in [1.29, 1.82) is 0 Å². The highest BCUT2D eigenvalue weighted by molar-refractivity contribution is 5.76. The van der Waals surface area contributed by atoms with Crippen molar-refractivity contribution in [3.8, 4) is 0 Å². The zero-order valence-corrected chi connectivity index (χ0v) is 11.9. The first-order valence-electron chi connectivity index (χ1n) is 7.46. The van der Waals surface area contributed by atoms with Gasteiger partial charge in [-0.15, -0.1) is 5.10 Å². The van der Waals surface area contributed by atoms with Crippen molar-refractivity contribution in [2.24, 2.45) is 5.41 Å². The molecule has 2 heterocycles. The number of tetrazole rings is 1. The predicted molar refractivity (Wildman–Crippen MR) is 71.9 cm³/mol. The lowest BCUT2D eigenvalue weighted by Gasteiger charge is -2.55. The molecule has 3 rings (SSSR count). The number of amides is 1. The van der Waals surface area contributed by atoms with E-state index in [4.69, 9.17) is 0 Å². The molecule has 0 unspecified atom stereocenters. The van der Waals surface area contributed by atoms with Crippen molar-refractivity contribution in [3.63, 3.8) is 0 Å². The molecule has 1 amide bonds. The molecular formula is C13H21N5O3. The van der Waals surface area contributed by atoms with Gasteiger partial charge in [-0.25, -0.2) is 4.68 Å². The first kappa shape index (κ1) is 14.4. The molecule has 1 saturated heterocycles. The molecule has 2 atom stereocenters. The molecule has 1 saturated carbocycles. The van der Waals surface area contributed by atoms with E-state index in [2.05, 4.69) is 15.5 Å². The smallest absolute Gasteiger partial charge is 0.222 e. The van der Waals surface area contributed by atoms with Crippen molar-refractivity contribution in [2.45, 2.75) is 50.9 Å². The van der Waals surface area contributed by atoms with Gasteiger partial charge in [0.1, 0.15) is 6.33 Å². The van der Waals surface area contributed by atoms with Crippen LogP contribution < -0.4 is 0 Å². The summed E-state index contributed by atoms with van der Waals surface area (Å²) in [7, 11) is 0. The standard InChI is InChI=1S/C13H21N5O3/c19-10-8-11(20)13(10)3-6-17(7-4-13)12(21)2-1-5-18-9-14-15-16-18/h9-11,19-20H,1-8H2/t10-,11+. The number of hydrogen-bond donors (Lipinski definition) is 2. The second kappa shape index (κ2) is 5.69. The monoisotopic (exact) mass is 295 g/mol. The molecule has 0 radical (unpaired) electrons. The Kier molecular flexibility index (Phi) is 3.90. The summed E-state index contributed by atoms with van der Waals surface area (Å²) in [5.74, 6) is 0.126. The third kappa shape index (κ3) is 2.65. The van der Waals surface area contributed by atoms with Crippen LogP contribution in [-0.2, 0) is 11.3 Å². The van der Waals surface area contributed by atoms with Crippen LogP contribution in [0.15, 0.2) is 6.33 Å². The molecule has 1 spiro atoms. The molecule has 1 aromatic rings. The third-order valence-corrected chi connectivity index (χ3v) is 4.99. The van der Waals surface area contributed by atoms with Gasteiger partial charge < -0.3 is 15.1 Å². The van der Waals surface area contributed by atoms with Gasteiger partial charge in [0.15, 0.2) is 0 Å². The zero-order valence-electron chi connectivity index (χ0n) is 11.9. The van der Waals surface area contributed by atoms with Crippen LogP contribution in [-0.4, -0.2) is 66.5 Å². The zero-order chi connectivity index (χ0) is 14.9. The van der Waals surface area contributed by atoms with Gasteiger partial charge >= 0.3 is 0 Å². The summed E-state index contributed by atoms with van der Waals surface area (Å²) in [5.41, 5.74) is -0.358. The Morgan fingerprint density at radius 3 is 2.57 bits per heavy atom. The summed E-state index contributed by atoms with van der Waals surface area (Å²) in [6, 6.07) is 0. The van der Waals surface area contributed by atoms with Crippen LogP contribution >= 0.6 is 0 Å². The molecule has 1 aliphatic heterocycles. The molecular weight excluding hydrogens is 274 g/mol. The van der Waals surface area contributed by atoms with Gasteiger partial charge in [-0.05, 0) is 29.7 Å². The number of likely N-dealkylation sites (tertiary alicyclic amines) is 1. The fourth-order valence-electron chi connectivity index (χ4n) is 3.41. The summed E-state index contributed by atoms with van der Waals surface area (Å²) in [6.45, 7) is 1.88. The second-order valence-electron chi connectivity index (χ2n) is 6.06. The number of piperidine rings is 1. The summed E-state index contributed by atoms with van der Waals surface area (Å²) in [5, 5.41) is 30.6. The minimum atomic E-state index is -0.412. The van der Waals surface area contributed by atoms with Crippen LogP contribution in [0, 0.1) is 5.41 Å². The lowest BCUT2D eigenvalue weighted by molar-refractivity contribution is -0.191. The Labute approximate surface area is 122 Å². The largest absolute Gasteiger partial charge is 0.392 e. The number of nitrogens with zero attached hydrogens (tertiary/aromatic N) is 5. The lowest BCUT2D eigenvalue weighted by atomic mass is 9.58. The molecule has 116 valence electrons. The molecule has 0 aromatic carbocycles. The number of aryl methyl sites for hydroxylation is 1. The number of rotatable bonds is 4. The molecule has 1 aliphatic carbocycles. The molecule has 0 bridgehead atoms. The highest BCUT2D eigenvalue weighted by atomic mass is 16.3. The summed E-state index contributed by atoms with van der Waals surface area (Å²) < 4.78 is 1.61. The van der Waals surface area contributed by atoms with E-state index < -0.39 is 12.2 Å². The van der Waals surface area contributed by atoms with E-state index in [-0.39, 0.29) is 11.3 Å². The Morgan fingerprint density at radius 1 is 1.29 bits per heavy atom. The average Bonchev–Trinajstić information content (AvgIpc) is 3.01. The Hall–Kier alpha value is -1.54. The predicted octanol–water partition coefficient (Wildman–Crippen LogP) is -0.812. The summed E-state index contributed by atoms with van der Waals surface area (Å²) in [6.07, 6.45) is 3.74. The first-order valence-corrected chi connectivity index (χ1v) is 7.46. The number of hydrogen-bond acceptors (Lipinski definition) is 6. The van der Waals surface area contributed by atoms with Crippen LogP contribution in [0.4, 0.5) is 0 Å². The van der Waals surface area contributed by atoms with E-state index in [0.29, 0.717) is 51.7 Å². The van der Waals surface area contributed by atoms with Crippen molar-refractivity contribution < 1.29 is 15.0 Å². The van der Waals surface area contributed by atoms with E-state index in [1.54, 1.807) is 4.68 Å². The van der Waals surface area contributed by atoms with Gasteiger partial charge in [0.2, 0.25) is 5.91 Å². The Balaban J connectivity index is 1.43. The molecule has 8 nitrogen and oxygen atoms in total. The van der Waals surface area contributed by atoms with Crippen LogP contribution in [0.5, 0.6) is 0 Å². The average molecular weight is 295 g/mol. The summed E-state index contributed by atoms with van der Waals surface area (Å²) >= 11 is 0. The number of aromatic nitrogens is 4. The fourth-order valence-corrected chi connectivity index (χ4v) is 3.41. The third-order valence-electron chi connectivity index (χ3n) is 4.99. The SMILES string of the molecule is O=C(CCCn1cnnn1)N1CCC2(CC1)[C@H](O)C[C@@H]2O. The molecule has 1 aromatic heterocycles.